The molecule has 3 heteroatoms. The molecule has 0 saturated carbocycles. The standard InChI is InChI=1S/C19H30N2O/c1-3-21(14-16-6-9-20-10-7-16)15(2)12-17-4-5-19-18(13-17)8-11-22-19/h4-5,13,15-16,20H,3,6-12,14H2,1-2H3. The number of nitrogens with zero attached hydrogens (tertiary/aromatic N) is 1. The Morgan fingerprint density at radius 2 is 2.14 bits per heavy atom. The maximum absolute atomic E-state index is 5.61. The van der Waals surface area contributed by atoms with Gasteiger partial charge in [0.05, 0.1) is 6.61 Å². The van der Waals surface area contributed by atoms with Crippen molar-refractivity contribution in [1.82, 2.24) is 10.2 Å². The molecule has 122 valence electrons. The van der Waals surface area contributed by atoms with Gasteiger partial charge in [-0.05, 0) is 68.9 Å². The van der Waals surface area contributed by atoms with Crippen LogP contribution in [-0.4, -0.2) is 43.7 Å². The molecule has 0 amide bonds. The topological polar surface area (TPSA) is 24.5 Å². The van der Waals surface area contributed by atoms with Gasteiger partial charge in [0.25, 0.3) is 0 Å². The van der Waals surface area contributed by atoms with Crippen LogP contribution >= 0.6 is 0 Å². The van der Waals surface area contributed by atoms with Gasteiger partial charge in [0.15, 0.2) is 0 Å². The fourth-order valence-corrected chi connectivity index (χ4v) is 3.85. The van der Waals surface area contributed by atoms with Crippen LogP contribution in [0, 0.1) is 5.92 Å². The number of ether oxygens (including phenoxy) is 1. The van der Waals surface area contributed by atoms with Crippen molar-refractivity contribution in [3.63, 3.8) is 0 Å². The molecule has 2 aliphatic rings. The highest BCUT2D eigenvalue weighted by Gasteiger charge is 2.20. The Morgan fingerprint density at radius 1 is 1.32 bits per heavy atom. The molecule has 1 aromatic carbocycles. The number of fused-ring (bicyclic) bond motifs is 1. The molecule has 3 nitrogen and oxygen atoms in total. The van der Waals surface area contributed by atoms with E-state index >= 15 is 0 Å². The number of hydrogen-bond donors (Lipinski definition) is 1. The number of rotatable bonds is 6. The zero-order chi connectivity index (χ0) is 15.4. The lowest BCUT2D eigenvalue weighted by Gasteiger charge is -2.33. The SMILES string of the molecule is CCN(CC1CCNCC1)C(C)Cc1ccc2c(c1)CCO2. The Bertz CT molecular complexity index is 482. The molecule has 1 fully saturated rings. The molecule has 0 bridgehead atoms. The Labute approximate surface area is 135 Å². The monoisotopic (exact) mass is 302 g/mol. The van der Waals surface area contributed by atoms with Gasteiger partial charge in [-0.1, -0.05) is 19.1 Å². The average Bonchev–Trinajstić information content (AvgIpc) is 3.01. The largest absolute Gasteiger partial charge is 0.493 e. The quantitative estimate of drug-likeness (QED) is 0.874. The van der Waals surface area contributed by atoms with Gasteiger partial charge in [-0.2, -0.15) is 0 Å². The summed E-state index contributed by atoms with van der Waals surface area (Å²) in [7, 11) is 0. The van der Waals surface area contributed by atoms with Gasteiger partial charge in [-0.3, -0.25) is 0 Å². The number of likely N-dealkylation sites (N-methyl/N-ethyl adjacent to an activating group) is 1. The molecular weight excluding hydrogens is 272 g/mol. The van der Waals surface area contributed by atoms with Crippen LogP contribution in [-0.2, 0) is 12.8 Å². The maximum Gasteiger partial charge on any atom is 0.122 e. The van der Waals surface area contributed by atoms with E-state index in [2.05, 4.69) is 42.3 Å². The molecule has 1 N–H and O–H groups in total. The van der Waals surface area contributed by atoms with E-state index in [1.165, 1.54) is 43.6 Å². The molecule has 1 unspecified atom stereocenters. The number of piperidine rings is 1. The molecule has 0 aromatic heterocycles. The van der Waals surface area contributed by atoms with E-state index in [1.54, 1.807) is 0 Å². The summed E-state index contributed by atoms with van der Waals surface area (Å²) in [5.41, 5.74) is 2.85. The zero-order valence-corrected chi connectivity index (χ0v) is 14.1. The molecule has 1 aromatic rings. The summed E-state index contributed by atoms with van der Waals surface area (Å²) in [5, 5.41) is 3.47. The first kappa shape index (κ1) is 15.8. The van der Waals surface area contributed by atoms with Crippen LogP contribution < -0.4 is 10.1 Å². The lowest BCUT2D eigenvalue weighted by Crippen LogP contribution is -2.41. The molecule has 0 aliphatic carbocycles. The predicted octanol–water partition coefficient (Wildman–Crippen LogP) is 2.87. The van der Waals surface area contributed by atoms with Gasteiger partial charge in [-0.15, -0.1) is 0 Å². The minimum atomic E-state index is 0.611. The zero-order valence-electron chi connectivity index (χ0n) is 14.1. The average molecular weight is 302 g/mol. The van der Waals surface area contributed by atoms with Crippen molar-refractivity contribution in [3.05, 3.63) is 29.3 Å². The molecular formula is C19H30N2O. The van der Waals surface area contributed by atoms with Gasteiger partial charge in [0, 0.05) is 19.0 Å². The maximum atomic E-state index is 5.61. The summed E-state index contributed by atoms with van der Waals surface area (Å²) in [4.78, 5) is 2.67. The Morgan fingerprint density at radius 3 is 2.91 bits per heavy atom. The van der Waals surface area contributed by atoms with E-state index in [0.29, 0.717) is 6.04 Å². The summed E-state index contributed by atoms with van der Waals surface area (Å²) < 4.78 is 5.61. The van der Waals surface area contributed by atoms with Crippen LogP contribution in [0.5, 0.6) is 5.75 Å². The van der Waals surface area contributed by atoms with Crippen molar-refractivity contribution in [2.45, 2.75) is 45.6 Å². The van der Waals surface area contributed by atoms with Gasteiger partial charge in [0.2, 0.25) is 0 Å². The second-order valence-electron chi connectivity index (χ2n) is 6.87. The van der Waals surface area contributed by atoms with E-state index in [9.17, 15) is 0 Å². The minimum Gasteiger partial charge on any atom is -0.493 e. The molecule has 0 radical (unpaired) electrons. The fourth-order valence-electron chi connectivity index (χ4n) is 3.85. The van der Waals surface area contributed by atoms with Crippen molar-refractivity contribution in [2.24, 2.45) is 5.92 Å². The van der Waals surface area contributed by atoms with Crippen LogP contribution in [0.4, 0.5) is 0 Å². The minimum absolute atomic E-state index is 0.611. The normalized spacial score (nSPS) is 20.0. The summed E-state index contributed by atoms with van der Waals surface area (Å²) in [6.07, 6.45) is 4.88. The Hall–Kier alpha value is -1.06. The third kappa shape index (κ3) is 3.82. The summed E-state index contributed by atoms with van der Waals surface area (Å²) in [6.45, 7) is 10.3. The molecule has 0 spiro atoms. The smallest absolute Gasteiger partial charge is 0.122 e. The van der Waals surface area contributed by atoms with Gasteiger partial charge >= 0.3 is 0 Å². The van der Waals surface area contributed by atoms with E-state index in [4.69, 9.17) is 4.74 Å². The third-order valence-electron chi connectivity index (χ3n) is 5.27. The van der Waals surface area contributed by atoms with Crippen LogP contribution in [0.1, 0.15) is 37.8 Å². The van der Waals surface area contributed by atoms with E-state index in [1.807, 2.05) is 0 Å². The van der Waals surface area contributed by atoms with Crippen molar-refractivity contribution in [3.8, 4) is 5.75 Å². The Kier molecular flexibility index (Phi) is 5.37. The number of hydrogen-bond acceptors (Lipinski definition) is 3. The second kappa shape index (κ2) is 7.47. The van der Waals surface area contributed by atoms with Crippen molar-refractivity contribution in [1.29, 1.82) is 0 Å². The first-order valence-electron chi connectivity index (χ1n) is 8.95. The molecule has 3 rings (SSSR count). The molecule has 1 saturated heterocycles. The van der Waals surface area contributed by atoms with E-state index in [-0.39, 0.29) is 0 Å². The lowest BCUT2D eigenvalue weighted by atomic mass is 9.96. The highest BCUT2D eigenvalue weighted by molar-refractivity contribution is 5.40. The van der Waals surface area contributed by atoms with Crippen molar-refractivity contribution in [2.75, 3.05) is 32.8 Å². The van der Waals surface area contributed by atoms with Crippen LogP contribution in [0.3, 0.4) is 0 Å². The second-order valence-corrected chi connectivity index (χ2v) is 6.87. The van der Waals surface area contributed by atoms with Gasteiger partial charge < -0.3 is 15.0 Å². The van der Waals surface area contributed by atoms with Gasteiger partial charge in [-0.25, -0.2) is 0 Å². The van der Waals surface area contributed by atoms with E-state index in [0.717, 1.165) is 37.7 Å². The number of benzene rings is 1. The molecule has 22 heavy (non-hydrogen) atoms. The van der Waals surface area contributed by atoms with Crippen molar-refractivity contribution >= 4 is 0 Å². The fraction of sp³-hybridized carbons (Fsp3) is 0.684. The van der Waals surface area contributed by atoms with Gasteiger partial charge in [0.1, 0.15) is 5.75 Å². The Balaban J connectivity index is 1.57. The summed E-state index contributed by atoms with van der Waals surface area (Å²) in [5.74, 6) is 1.97. The molecule has 2 aliphatic heterocycles. The van der Waals surface area contributed by atoms with Crippen LogP contribution in [0.15, 0.2) is 18.2 Å². The first-order valence-corrected chi connectivity index (χ1v) is 8.95. The lowest BCUT2D eigenvalue weighted by molar-refractivity contribution is 0.167. The van der Waals surface area contributed by atoms with Crippen LogP contribution in [0.2, 0.25) is 0 Å². The van der Waals surface area contributed by atoms with Crippen molar-refractivity contribution < 1.29 is 4.74 Å². The van der Waals surface area contributed by atoms with E-state index < -0.39 is 0 Å². The first-order chi connectivity index (χ1) is 10.8. The summed E-state index contributed by atoms with van der Waals surface area (Å²) in [6, 6.07) is 7.38. The van der Waals surface area contributed by atoms with Crippen LogP contribution in [0.25, 0.3) is 0 Å². The highest BCUT2D eigenvalue weighted by atomic mass is 16.5. The molecule has 2 heterocycles. The third-order valence-corrected chi connectivity index (χ3v) is 5.27. The highest BCUT2D eigenvalue weighted by Crippen LogP contribution is 2.27. The number of nitrogens with one attached hydrogen (secondary N) is 1. The molecule has 1 atom stereocenters. The predicted molar refractivity (Wildman–Crippen MR) is 91.6 cm³/mol. The summed E-state index contributed by atoms with van der Waals surface area (Å²) >= 11 is 0.